The minimum atomic E-state index is -2.96. The van der Waals surface area contributed by atoms with E-state index in [9.17, 15) is 8.42 Å². The number of hydrogen-bond donors (Lipinski definition) is 1. The van der Waals surface area contributed by atoms with E-state index in [1.165, 1.54) is 19.1 Å². The molecule has 0 heterocycles. The Morgan fingerprint density at radius 2 is 2.06 bits per heavy atom. The molecule has 0 aliphatic heterocycles. The predicted molar refractivity (Wildman–Crippen MR) is 71.5 cm³/mol. The summed E-state index contributed by atoms with van der Waals surface area (Å²) in [6, 6.07) is 8.40. The Hall–Kier alpha value is -1.07. The molecule has 0 spiro atoms. The molecule has 1 aromatic carbocycles. The number of benzene rings is 1. The highest BCUT2D eigenvalue weighted by atomic mass is 32.2. The highest BCUT2D eigenvalue weighted by Crippen LogP contribution is 2.22. The van der Waals surface area contributed by atoms with Gasteiger partial charge in [-0.15, -0.1) is 0 Å². The number of para-hydroxylation sites is 1. The molecule has 1 saturated carbocycles. The van der Waals surface area contributed by atoms with Crippen molar-refractivity contribution in [2.24, 2.45) is 0 Å². The van der Waals surface area contributed by atoms with Crippen molar-refractivity contribution < 1.29 is 13.2 Å². The molecule has 0 atom stereocenters. The summed E-state index contributed by atoms with van der Waals surface area (Å²) in [6.45, 7) is 0.985. The van der Waals surface area contributed by atoms with Crippen LogP contribution in [-0.4, -0.2) is 33.1 Å². The van der Waals surface area contributed by atoms with Gasteiger partial charge in [0.1, 0.15) is 12.4 Å². The van der Waals surface area contributed by atoms with Gasteiger partial charge < -0.3 is 10.1 Å². The van der Waals surface area contributed by atoms with Crippen molar-refractivity contribution in [3.8, 4) is 5.75 Å². The van der Waals surface area contributed by atoms with E-state index < -0.39 is 9.84 Å². The van der Waals surface area contributed by atoms with Crippen LogP contribution in [0.4, 0.5) is 0 Å². The van der Waals surface area contributed by atoms with Crippen molar-refractivity contribution >= 4 is 9.84 Å². The van der Waals surface area contributed by atoms with Crippen molar-refractivity contribution in [1.29, 1.82) is 0 Å². The van der Waals surface area contributed by atoms with Crippen LogP contribution >= 0.6 is 0 Å². The number of rotatable bonds is 7. The molecular weight excluding hydrogens is 250 g/mol. The highest BCUT2D eigenvalue weighted by molar-refractivity contribution is 7.90. The van der Waals surface area contributed by atoms with Crippen LogP contribution in [-0.2, 0) is 16.4 Å². The second kappa shape index (κ2) is 5.71. The van der Waals surface area contributed by atoms with Gasteiger partial charge in [-0.25, -0.2) is 8.42 Å². The molecule has 1 N–H and O–H groups in total. The molecule has 5 heteroatoms. The zero-order valence-corrected chi connectivity index (χ0v) is 11.4. The number of nitrogens with one attached hydrogen (secondary N) is 1. The van der Waals surface area contributed by atoms with Crippen LogP contribution in [0.15, 0.2) is 24.3 Å². The molecule has 0 bridgehead atoms. The molecule has 0 amide bonds. The predicted octanol–water partition coefficient (Wildman–Crippen LogP) is 1.36. The number of ether oxygens (including phenoxy) is 1. The standard InChI is InChI=1S/C13H19NO3S/c1-18(15,16)9-8-17-13-5-3-2-4-11(13)10-14-12-6-7-12/h2-5,12,14H,6-10H2,1H3. The number of sulfone groups is 1. The zero-order chi connectivity index (χ0) is 13.0. The lowest BCUT2D eigenvalue weighted by atomic mass is 10.2. The molecule has 0 saturated heterocycles. The minimum Gasteiger partial charge on any atom is -0.492 e. The normalized spacial score (nSPS) is 15.6. The average Bonchev–Trinajstić information content (AvgIpc) is 3.10. The molecule has 18 heavy (non-hydrogen) atoms. The largest absolute Gasteiger partial charge is 0.492 e. The summed E-state index contributed by atoms with van der Waals surface area (Å²) in [4.78, 5) is 0. The van der Waals surface area contributed by atoms with Gasteiger partial charge in [-0.2, -0.15) is 0 Å². The summed E-state index contributed by atoms with van der Waals surface area (Å²) in [7, 11) is -2.96. The fourth-order valence-electron chi connectivity index (χ4n) is 1.64. The molecule has 1 fully saturated rings. The lowest BCUT2D eigenvalue weighted by Crippen LogP contribution is -2.17. The van der Waals surface area contributed by atoms with E-state index in [0.717, 1.165) is 17.9 Å². The van der Waals surface area contributed by atoms with Crippen LogP contribution in [0.2, 0.25) is 0 Å². The summed E-state index contributed by atoms with van der Waals surface area (Å²) >= 11 is 0. The highest BCUT2D eigenvalue weighted by Gasteiger charge is 2.20. The second-order valence-corrected chi connectivity index (χ2v) is 7.00. The first-order valence-corrected chi connectivity index (χ1v) is 8.22. The maximum absolute atomic E-state index is 11.0. The zero-order valence-electron chi connectivity index (χ0n) is 10.6. The summed E-state index contributed by atoms with van der Waals surface area (Å²) in [5.41, 5.74) is 1.08. The van der Waals surface area contributed by atoms with E-state index >= 15 is 0 Å². The molecule has 0 unspecified atom stereocenters. The Morgan fingerprint density at radius 3 is 2.72 bits per heavy atom. The lowest BCUT2D eigenvalue weighted by molar-refractivity contribution is 0.336. The Balaban J connectivity index is 1.89. The Labute approximate surface area is 108 Å². The summed E-state index contributed by atoms with van der Waals surface area (Å²) in [6.07, 6.45) is 3.71. The average molecular weight is 269 g/mol. The Morgan fingerprint density at radius 1 is 1.33 bits per heavy atom. The van der Waals surface area contributed by atoms with Gasteiger partial charge in [0, 0.05) is 24.4 Å². The van der Waals surface area contributed by atoms with Crippen LogP contribution in [0.5, 0.6) is 5.75 Å². The monoisotopic (exact) mass is 269 g/mol. The third-order valence-electron chi connectivity index (χ3n) is 2.84. The molecular formula is C13H19NO3S. The van der Waals surface area contributed by atoms with Crippen LogP contribution < -0.4 is 10.1 Å². The first-order chi connectivity index (χ1) is 8.54. The summed E-state index contributed by atoms with van der Waals surface area (Å²) < 4.78 is 27.6. The smallest absolute Gasteiger partial charge is 0.150 e. The van der Waals surface area contributed by atoms with Crippen molar-refractivity contribution in [1.82, 2.24) is 5.32 Å². The lowest BCUT2D eigenvalue weighted by Gasteiger charge is -2.11. The van der Waals surface area contributed by atoms with Gasteiger partial charge in [0.15, 0.2) is 9.84 Å². The third-order valence-corrected chi connectivity index (χ3v) is 3.75. The van der Waals surface area contributed by atoms with Crippen molar-refractivity contribution in [2.45, 2.75) is 25.4 Å². The summed E-state index contributed by atoms with van der Waals surface area (Å²) in [5.74, 6) is 0.825. The molecule has 1 aliphatic carbocycles. The van der Waals surface area contributed by atoms with Gasteiger partial charge in [-0.05, 0) is 18.9 Å². The van der Waals surface area contributed by atoms with Gasteiger partial charge in [0.05, 0.1) is 5.75 Å². The van der Waals surface area contributed by atoms with Crippen molar-refractivity contribution in [2.75, 3.05) is 18.6 Å². The van der Waals surface area contributed by atoms with E-state index in [2.05, 4.69) is 5.32 Å². The molecule has 0 radical (unpaired) electrons. The molecule has 0 aromatic heterocycles. The van der Waals surface area contributed by atoms with Gasteiger partial charge >= 0.3 is 0 Å². The van der Waals surface area contributed by atoms with Crippen LogP contribution in [0.1, 0.15) is 18.4 Å². The van der Waals surface area contributed by atoms with Gasteiger partial charge in [0.2, 0.25) is 0 Å². The SMILES string of the molecule is CS(=O)(=O)CCOc1ccccc1CNC1CC1. The topological polar surface area (TPSA) is 55.4 Å². The summed E-state index contributed by atoms with van der Waals surface area (Å²) in [5, 5.41) is 3.42. The van der Waals surface area contributed by atoms with E-state index in [-0.39, 0.29) is 12.4 Å². The van der Waals surface area contributed by atoms with Crippen LogP contribution in [0, 0.1) is 0 Å². The molecule has 100 valence electrons. The molecule has 4 nitrogen and oxygen atoms in total. The molecule has 1 aliphatic rings. The second-order valence-electron chi connectivity index (χ2n) is 4.74. The van der Waals surface area contributed by atoms with Crippen LogP contribution in [0.25, 0.3) is 0 Å². The van der Waals surface area contributed by atoms with E-state index in [0.29, 0.717) is 6.04 Å². The molecule has 2 rings (SSSR count). The maximum Gasteiger partial charge on any atom is 0.150 e. The van der Waals surface area contributed by atoms with E-state index in [1.807, 2.05) is 24.3 Å². The Bertz CT molecular complexity index is 495. The quantitative estimate of drug-likeness (QED) is 0.812. The van der Waals surface area contributed by atoms with Gasteiger partial charge in [0.25, 0.3) is 0 Å². The fourth-order valence-corrected chi connectivity index (χ4v) is 2.02. The maximum atomic E-state index is 11.0. The minimum absolute atomic E-state index is 0.0530. The van der Waals surface area contributed by atoms with Crippen molar-refractivity contribution in [3.05, 3.63) is 29.8 Å². The first-order valence-electron chi connectivity index (χ1n) is 6.16. The van der Waals surface area contributed by atoms with E-state index in [4.69, 9.17) is 4.74 Å². The molecule has 1 aromatic rings. The van der Waals surface area contributed by atoms with Crippen molar-refractivity contribution in [3.63, 3.8) is 0 Å². The third kappa shape index (κ3) is 4.66. The van der Waals surface area contributed by atoms with Crippen LogP contribution in [0.3, 0.4) is 0 Å². The fraction of sp³-hybridized carbons (Fsp3) is 0.538. The number of hydrogen-bond acceptors (Lipinski definition) is 4. The Kier molecular flexibility index (Phi) is 4.24. The van der Waals surface area contributed by atoms with Gasteiger partial charge in [-0.3, -0.25) is 0 Å². The van der Waals surface area contributed by atoms with Gasteiger partial charge in [-0.1, -0.05) is 18.2 Å². The first kappa shape index (κ1) is 13.4. The van der Waals surface area contributed by atoms with E-state index in [1.54, 1.807) is 0 Å².